The number of rotatable bonds is 5. The minimum Gasteiger partial charge on any atom is -0.493 e. The molecule has 0 N–H and O–H groups in total. The molecule has 1 atom stereocenters. The number of thiophene rings is 1. The molecule has 1 aromatic carbocycles. The van der Waals surface area contributed by atoms with Crippen LogP contribution in [0.2, 0.25) is 0 Å². The van der Waals surface area contributed by atoms with E-state index in [1.54, 1.807) is 25.6 Å². The molecule has 6 nitrogen and oxygen atoms in total. The Kier molecular flexibility index (Phi) is 5.09. The molecule has 1 aliphatic rings. The maximum atomic E-state index is 13.2. The molecular weight excluding hydrogens is 376 g/mol. The zero-order chi connectivity index (χ0) is 19.7. The monoisotopic (exact) mass is 398 g/mol. The summed E-state index contributed by atoms with van der Waals surface area (Å²) in [4.78, 5) is 16.1. The normalized spacial score (nSPS) is 16.0. The minimum atomic E-state index is -0.336. The van der Waals surface area contributed by atoms with E-state index in [0.29, 0.717) is 30.2 Å². The lowest BCUT2D eigenvalue weighted by molar-refractivity contribution is -0.132. The van der Waals surface area contributed by atoms with E-state index in [2.05, 4.69) is 5.16 Å². The van der Waals surface area contributed by atoms with E-state index >= 15 is 0 Å². The van der Waals surface area contributed by atoms with Crippen molar-refractivity contribution in [3.05, 3.63) is 63.2 Å². The van der Waals surface area contributed by atoms with Crippen LogP contribution in [0.15, 0.2) is 40.2 Å². The summed E-state index contributed by atoms with van der Waals surface area (Å²) in [5.74, 6) is 2.05. The molecule has 0 radical (unpaired) electrons. The average molecular weight is 398 g/mol. The Hall–Kier alpha value is -2.80. The van der Waals surface area contributed by atoms with Gasteiger partial charge in [-0.1, -0.05) is 11.2 Å². The Bertz CT molecular complexity index is 980. The molecule has 1 amide bonds. The molecule has 0 saturated heterocycles. The fraction of sp³-hybridized carbons (Fsp3) is 0.333. The van der Waals surface area contributed by atoms with Gasteiger partial charge in [-0.2, -0.15) is 0 Å². The second kappa shape index (κ2) is 7.67. The maximum Gasteiger partial charge on any atom is 0.228 e. The summed E-state index contributed by atoms with van der Waals surface area (Å²) >= 11 is 1.59. The SMILES string of the molecule is COc1cc2c(cc1OC)C(c1cc(C)no1)N(C(=O)Cc1cccs1)CC2. The molecule has 0 saturated carbocycles. The summed E-state index contributed by atoms with van der Waals surface area (Å²) in [7, 11) is 3.24. The van der Waals surface area contributed by atoms with Crippen LogP contribution in [0.4, 0.5) is 0 Å². The predicted molar refractivity (Wildman–Crippen MR) is 106 cm³/mol. The average Bonchev–Trinajstić information content (AvgIpc) is 3.37. The Morgan fingerprint density at radius 2 is 2.07 bits per heavy atom. The van der Waals surface area contributed by atoms with Crippen molar-refractivity contribution in [2.24, 2.45) is 0 Å². The van der Waals surface area contributed by atoms with Crippen molar-refractivity contribution in [3.63, 3.8) is 0 Å². The number of carbonyl (C=O) groups excluding carboxylic acids is 1. The largest absolute Gasteiger partial charge is 0.493 e. The van der Waals surface area contributed by atoms with Gasteiger partial charge in [-0.05, 0) is 48.1 Å². The summed E-state index contributed by atoms with van der Waals surface area (Å²) in [5.41, 5.74) is 2.89. The van der Waals surface area contributed by atoms with Gasteiger partial charge in [0.25, 0.3) is 0 Å². The van der Waals surface area contributed by atoms with Crippen molar-refractivity contribution in [2.45, 2.75) is 25.8 Å². The summed E-state index contributed by atoms with van der Waals surface area (Å²) in [5, 5.41) is 6.03. The first-order chi connectivity index (χ1) is 13.6. The Labute approximate surface area is 167 Å². The van der Waals surface area contributed by atoms with Crippen LogP contribution in [0, 0.1) is 6.92 Å². The third-order valence-corrected chi connectivity index (χ3v) is 5.89. The van der Waals surface area contributed by atoms with E-state index in [9.17, 15) is 4.79 Å². The molecule has 146 valence electrons. The number of benzene rings is 1. The lowest BCUT2D eigenvalue weighted by Crippen LogP contribution is -2.41. The van der Waals surface area contributed by atoms with Crippen molar-refractivity contribution in [1.82, 2.24) is 10.1 Å². The van der Waals surface area contributed by atoms with Crippen molar-refractivity contribution in [1.29, 1.82) is 0 Å². The zero-order valence-electron chi connectivity index (χ0n) is 16.1. The van der Waals surface area contributed by atoms with Crippen molar-refractivity contribution >= 4 is 17.2 Å². The van der Waals surface area contributed by atoms with Crippen LogP contribution in [-0.2, 0) is 17.6 Å². The van der Waals surface area contributed by atoms with Crippen molar-refractivity contribution in [2.75, 3.05) is 20.8 Å². The number of nitrogens with zero attached hydrogens (tertiary/aromatic N) is 2. The topological polar surface area (TPSA) is 64.8 Å². The van der Waals surface area contributed by atoms with Gasteiger partial charge in [-0.15, -0.1) is 11.3 Å². The molecule has 0 fully saturated rings. The van der Waals surface area contributed by atoms with Crippen LogP contribution in [0.5, 0.6) is 11.5 Å². The molecule has 0 spiro atoms. The molecule has 3 heterocycles. The highest BCUT2D eigenvalue weighted by atomic mass is 32.1. The predicted octanol–water partition coefficient (Wildman–Crippen LogP) is 3.78. The maximum absolute atomic E-state index is 13.2. The second-order valence-electron chi connectivity index (χ2n) is 6.77. The Morgan fingerprint density at radius 1 is 1.29 bits per heavy atom. The van der Waals surface area contributed by atoms with Crippen molar-refractivity contribution < 1.29 is 18.8 Å². The van der Waals surface area contributed by atoms with Gasteiger partial charge in [0.15, 0.2) is 17.3 Å². The van der Waals surface area contributed by atoms with Gasteiger partial charge in [0.2, 0.25) is 5.91 Å². The van der Waals surface area contributed by atoms with Gasteiger partial charge in [0.1, 0.15) is 6.04 Å². The number of hydrogen-bond acceptors (Lipinski definition) is 6. The molecule has 7 heteroatoms. The summed E-state index contributed by atoms with van der Waals surface area (Å²) < 4.78 is 16.5. The minimum absolute atomic E-state index is 0.0712. The van der Waals surface area contributed by atoms with Crippen LogP contribution < -0.4 is 9.47 Å². The summed E-state index contributed by atoms with van der Waals surface area (Å²) in [6, 6.07) is 9.45. The summed E-state index contributed by atoms with van der Waals surface area (Å²) in [6.07, 6.45) is 1.12. The highest BCUT2D eigenvalue weighted by Gasteiger charge is 2.35. The highest BCUT2D eigenvalue weighted by molar-refractivity contribution is 7.10. The summed E-state index contributed by atoms with van der Waals surface area (Å²) in [6.45, 7) is 2.49. The van der Waals surface area contributed by atoms with Crippen LogP contribution in [-0.4, -0.2) is 36.7 Å². The quantitative estimate of drug-likeness (QED) is 0.654. The van der Waals surface area contributed by atoms with Gasteiger partial charge in [0.05, 0.1) is 26.3 Å². The molecule has 1 aliphatic heterocycles. The lowest BCUT2D eigenvalue weighted by atomic mass is 9.90. The standard InChI is InChI=1S/C21H22N2O4S/c1-13-9-19(27-22-13)21-16-12-18(26-3)17(25-2)10-14(16)6-7-23(21)20(24)11-15-5-4-8-28-15/h4-5,8-10,12,21H,6-7,11H2,1-3H3. The molecule has 4 rings (SSSR count). The van der Waals surface area contributed by atoms with E-state index in [-0.39, 0.29) is 11.9 Å². The van der Waals surface area contributed by atoms with Gasteiger partial charge >= 0.3 is 0 Å². The van der Waals surface area contributed by atoms with Crippen LogP contribution in [0.25, 0.3) is 0 Å². The number of hydrogen-bond donors (Lipinski definition) is 0. The molecule has 0 aliphatic carbocycles. The van der Waals surface area contributed by atoms with E-state index < -0.39 is 0 Å². The van der Waals surface area contributed by atoms with Crippen LogP contribution in [0.3, 0.4) is 0 Å². The lowest BCUT2D eigenvalue weighted by Gasteiger charge is -2.36. The van der Waals surface area contributed by atoms with Gasteiger partial charge in [0, 0.05) is 17.5 Å². The van der Waals surface area contributed by atoms with E-state index in [1.807, 2.05) is 47.5 Å². The highest BCUT2D eigenvalue weighted by Crippen LogP contribution is 2.41. The Balaban J connectivity index is 1.77. The molecule has 0 bridgehead atoms. The Morgan fingerprint density at radius 3 is 2.71 bits per heavy atom. The van der Waals surface area contributed by atoms with E-state index in [4.69, 9.17) is 14.0 Å². The third kappa shape index (κ3) is 3.38. The van der Waals surface area contributed by atoms with Gasteiger partial charge in [-0.3, -0.25) is 4.79 Å². The number of amides is 1. The van der Waals surface area contributed by atoms with E-state index in [0.717, 1.165) is 28.1 Å². The molecule has 1 unspecified atom stereocenters. The first kappa shape index (κ1) is 18.6. The van der Waals surface area contributed by atoms with Gasteiger partial charge < -0.3 is 18.9 Å². The van der Waals surface area contributed by atoms with Crippen LogP contribution in [0.1, 0.15) is 33.5 Å². The third-order valence-electron chi connectivity index (χ3n) is 5.02. The number of methoxy groups -OCH3 is 2. The first-order valence-corrected chi connectivity index (χ1v) is 9.98. The number of fused-ring (bicyclic) bond motifs is 1. The van der Waals surface area contributed by atoms with E-state index in [1.165, 1.54) is 0 Å². The molecular formula is C21H22N2O4S. The number of aromatic nitrogens is 1. The second-order valence-corrected chi connectivity index (χ2v) is 7.80. The number of aryl methyl sites for hydroxylation is 1. The molecule has 2 aromatic heterocycles. The first-order valence-electron chi connectivity index (χ1n) is 9.10. The zero-order valence-corrected chi connectivity index (χ0v) is 16.9. The van der Waals surface area contributed by atoms with Crippen molar-refractivity contribution in [3.8, 4) is 11.5 Å². The van der Waals surface area contributed by atoms with Crippen LogP contribution >= 0.6 is 11.3 Å². The fourth-order valence-electron chi connectivity index (χ4n) is 3.70. The number of ether oxygens (including phenoxy) is 2. The molecule has 28 heavy (non-hydrogen) atoms. The number of carbonyl (C=O) groups is 1. The molecule has 3 aromatic rings. The van der Waals surface area contributed by atoms with Gasteiger partial charge in [-0.25, -0.2) is 0 Å². The smallest absolute Gasteiger partial charge is 0.228 e. The fourth-order valence-corrected chi connectivity index (χ4v) is 4.39.